The average molecular weight is 244 g/mol. The molecular formula is C13H32N4. The first kappa shape index (κ1) is 16.8. The van der Waals surface area contributed by atoms with E-state index in [-0.39, 0.29) is 5.91 Å². The van der Waals surface area contributed by atoms with Gasteiger partial charge in [-0.2, -0.15) is 0 Å². The van der Waals surface area contributed by atoms with Gasteiger partial charge in [-0.25, -0.2) is 0 Å². The van der Waals surface area contributed by atoms with Gasteiger partial charge in [0.25, 0.3) is 0 Å². The maximum Gasteiger partial charge on any atom is 0.181 e. The summed E-state index contributed by atoms with van der Waals surface area (Å²) in [7, 11) is 0. The number of hydrogen-bond acceptors (Lipinski definition) is 4. The van der Waals surface area contributed by atoms with E-state index < -0.39 is 0 Å². The maximum atomic E-state index is 3.55. The van der Waals surface area contributed by atoms with Gasteiger partial charge in [-0.05, 0) is 51.9 Å². The van der Waals surface area contributed by atoms with Gasteiger partial charge >= 0.3 is 0 Å². The molecule has 0 radical (unpaired) electrons. The summed E-state index contributed by atoms with van der Waals surface area (Å²) in [5.41, 5.74) is 0. The molecule has 0 aromatic carbocycles. The quantitative estimate of drug-likeness (QED) is 0.394. The Morgan fingerprint density at radius 3 is 0.941 bits per heavy atom. The fourth-order valence-electron chi connectivity index (χ4n) is 1.62. The van der Waals surface area contributed by atoms with Gasteiger partial charge in [-0.3, -0.25) is 21.3 Å². The largest absolute Gasteiger partial charge is 0.274 e. The van der Waals surface area contributed by atoms with Crippen LogP contribution in [0.5, 0.6) is 0 Å². The van der Waals surface area contributed by atoms with E-state index in [0.29, 0.717) is 0 Å². The predicted octanol–water partition coefficient (Wildman–Crippen LogP) is 1.60. The zero-order valence-electron chi connectivity index (χ0n) is 12.2. The zero-order valence-corrected chi connectivity index (χ0v) is 12.2. The minimum atomic E-state index is -0.294. The SMILES string of the molecule is CCCNC(NCCC)(NCCC)NCCC. The van der Waals surface area contributed by atoms with Crippen LogP contribution in [0.4, 0.5) is 0 Å². The van der Waals surface area contributed by atoms with E-state index in [0.717, 1.165) is 51.9 Å². The minimum absolute atomic E-state index is 0.294. The molecule has 0 aliphatic carbocycles. The van der Waals surface area contributed by atoms with E-state index in [4.69, 9.17) is 0 Å². The molecule has 0 aromatic rings. The van der Waals surface area contributed by atoms with Crippen molar-refractivity contribution in [2.24, 2.45) is 0 Å². The number of rotatable bonds is 12. The van der Waals surface area contributed by atoms with E-state index in [9.17, 15) is 0 Å². The molecule has 17 heavy (non-hydrogen) atoms. The summed E-state index contributed by atoms with van der Waals surface area (Å²) >= 11 is 0. The lowest BCUT2D eigenvalue weighted by atomic mass is 10.3. The van der Waals surface area contributed by atoms with E-state index >= 15 is 0 Å². The summed E-state index contributed by atoms with van der Waals surface area (Å²) in [6, 6.07) is 0. The zero-order chi connectivity index (χ0) is 13.0. The second-order valence-corrected chi connectivity index (χ2v) is 4.46. The molecule has 0 atom stereocenters. The van der Waals surface area contributed by atoms with Crippen molar-refractivity contribution < 1.29 is 0 Å². The van der Waals surface area contributed by atoms with E-state index in [1.165, 1.54) is 0 Å². The van der Waals surface area contributed by atoms with Gasteiger partial charge in [0.2, 0.25) is 0 Å². The van der Waals surface area contributed by atoms with Crippen LogP contribution < -0.4 is 21.3 Å². The van der Waals surface area contributed by atoms with Crippen LogP contribution in [-0.4, -0.2) is 32.1 Å². The lowest BCUT2D eigenvalue weighted by molar-refractivity contribution is 0.148. The average Bonchev–Trinajstić information content (AvgIpc) is 2.37. The fraction of sp³-hybridized carbons (Fsp3) is 1.00. The van der Waals surface area contributed by atoms with Crippen LogP contribution >= 0.6 is 0 Å². The first-order chi connectivity index (χ1) is 8.24. The Morgan fingerprint density at radius 1 is 0.529 bits per heavy atom. The monoisotopic (exact) mass is 244 g/mol. The maximum absolute atomic E-state index is 3.55. The minimum Gasteiger partial charge on any atom is -0.274 e. The fourth-order valence-corrected chi connectivity index (χ4v) is 1.62. The van der Waals surface area contributed by atoms with Crippen LogP contribution in [-0.2, 0) is 0 Å². The summed E-state index contributed by atoms with van der Waals surface area (Å²) in [6.07, 6.45) is 4.54. The van der Waals surface area contributed by atoms with Crippen LogP contribution in [0, 0.1) is 0 Å². The lowest BCUT2D eigenvalue weighted by Gasteiger charge is -2.38. The van der Waals surface area contributed by atoms with Gasteiger partial charge < -0.3 is 0 Å². The van der Waals surface area contributed by atoms with Crippen LogP contribution in [0.2, 0.25) is 0 Å². The molecule has 0 heterocycles. The molecule has 4 heteroatoms. The Balaban J connectivity index is 4.39. The van der Waals surface area contributed by atoms with Crippen molar-refractivity contribution in [1.29, 1.82) is 0 Å². The molecular weight excluding hydrogens is 212 g/mol. The van der Waals surface area contributed by atoms with Crippen LogP contribution in [0.1, 0.15) is 53.4 Å². The molecule has 0 fully saturated rings. The van der Waals surface area contributed by atoms with Crippen molar-refractivity contribution in [3.8, 4) is 0 Å². The first-order valence-corrected chi connectivity index (χ1v) is 7.24. The van der Waals surface area contributed by atoms with Crippen LogP contribution in [0.3, 0.4) is 0 Å². The Kier molecular flexibility index (Phi) is 10.9. The highest BCUT2D eigenvalue weighted by atomic mass is 15.5. The molecule has 4 nitrogen and oxygen atoms in total. The Hall–Kier alpha value is -0.160. The molecule has 0 saturated heterocycles. The summed E-state index contributed by atoms with van der Waals surface area (Å²) < 4.78 is 0. The van der Waals surface area contributed by atoms with E-state index in [1.54, 1.807) is 0 Å². The molecule has 0 saturated carbocycles. The Bertz CT molecular complexity index is 124. The standard InChI is InChI=1S/C13H32N4/c1-5-9-14-13(15-10-6-2,16-11-7-3)17-12-8-4/h14-17H,5-12H2,1-4H3. The molecule has 0 amide bonds. The van der Waals surface area contributed by atoms with Crippen molar-refractivity contribution in [3.05, 3.63) is 0 Å². The summed E-state index contributed by atoms with van der Waals surface area (Å²) in [5.74, 6) is -0.294. The Morgan fingerprint density at radius 2 is 0.765 bits per heavy atom. The molecule has 4 N–H and O–H groups in total. The first-order valence-electron chi connectivity index (χ1n) is 7.24. The molecule has 0 rings (SSSR count). The van der Waals surface area contributed by atoms with Crippen molar-refractivity contribution in [3.63, 3.8) is 0 Å². The van der Waals surface area contributed by atoms with Gasteiger partial charge in [0.1, 0.15) is 0 Å². The summed E-state index contributed by atoms with van der Waals surface area (Å²) in [5, 5.41) is 14.2. The topological polar surface area (TPSA) is 48.1 Å². The normalized spacial score (nSPS) is 12.0. The van der Waals surface area contributed by atoms with Crippen LogP contribution in [0.15, 0.2) is 0 Å². The second-order valence-electron chi connectivity index (χ2n) is 4.46. The van der Waals surface area contributed by atoms with Crippen molar-refractivity contribution >= 4 is 0 Å². The third-order valence-electron chi connectivity index (χ3n) is 2.56. The van der Waals surface area contributed by atoms with Crippen molar-refractivity contribution in [2.75, 3.05) is 26.2 Å². The third kappa shape index (κ3) is 7.71. The van der Waals surface area contributed by atoms with Crippen molar-refractivity contribution in [1.82, 2.24) is 21.3 Å². The number of nitrogens with one attached hydrogen (secondary N) is 4. The second kappa shape index (κ2) is 11.0. The van der Waals surface area contributed by atoms with Crippen molar-refractivity contribution in [2.45, 2.75) is 59.3 Å². The summed E-state index contributed by atoms with van der Waals surface area (Å²) in [4.78, 5) is 0. The van der Waals surface area contributed by atoms with E-state index in [1.807, 2.05) is 0 Å². The van der Waals surface area contributed by atoms with E-state index in [2.05, 4.69) is 49.0 Å². The lowest BCUT2D eigenvalue weighted by Crippen LogP contribution is -2.75. The molecule has 0 unspecified atom stereocenters. The Labute approximate surface area is 107 Å². The van der Waals surface area contributed by atoms with Gasteiger partial charge in [0, 0.05) is 0 Å². The molecule has 0 aromatic heterocycles. The van der Waals surface area contributed by atoms with Gasteiger partial charge in [-0.15, -0.1) is 0 Å². The molecule has 0 aliphatic rings. The predicted molar refractivity (Wildman–Crippen MR) is 75.9 cm³/mol. The van der Waals surface area contributed by atoms with Crippen LogP contribution in [0.25, 0.3) is 0 Å². The number of hydrogen-bond donors (Lipinski definition) is 4. The third-order valence-corrected chi connectivity index (χ3v) is 2.56. The molecule has 0 bridgehead atoms. The van der Waals surface area contributed by atoms with Gasteiger partial charge in [-0.1, -0.05) is 27.7 Å². The molecule has 0 spiro atoms. The van der Waals surface area contributed by atoms with Gasteiger partial charge in [0.05, 0.1) is 0 Å². The molecule has 0 aliphatic heterocycles. The highest BCUT2D eigenvalue weighted by Gasteiger charge is 2.25. The molecule has 104 valence electrons. The van der Waals surface area contributed by atoms with Gasteiger partial charge in [0.15, 0.2) is 5.91 Å². The summed E-state index contributed by atoms with van der Waals surface area (Å²) in [6.45, 7) is 12.8. The smallest absolute Gasteiger partial charge is 0.181 e. The highest BCUT2D eigenvalue weighted by molar-refractivity contribution is 4.80. The highest BCUT2D eigenvalue weighted by Crippen LogP contribution is 1.94.